The zero-order chi connectivity index (χ0) is 48.3. The SMILES string of the molecule is COc1cc(N=Nc2ccc(C=Cc3ccc([N+](=O)[O-])cc3S(=O)(=O)O)c(S(O)(O)O)c2)c(C)cc1N=Nc1c(S(O)(O)O)cc2cc(N=Nc3ccc(O)cc3NC(N)=O)ccc2c1O. The number of carbonyl (C=O) groups is 1. The van der Waals surface area contributed by atoms with Gasteiger partial charge < -0.3 is 53.3 Å². The minimum absolute atomic E-state index is 0.00580. The number of aromatic hydroxyl groups is 2. The summed E-state index contributed by atoms with van der Waals surface area (Å²) in [5.74, 6) is -0.733. The molecular weight excluding hydrogens is 931 g/mol. The van der Waals surface area contributed by atoms with Crippen molar-refractivity contribution >= 4 is 106 Å². The number of aryl methyl sites for hydroxylation is 1. The van der Waals surface area contributed by atoms with Crippen LogP contribution in [0.15, 0.2) is 136 Å². The van der Waals surface area contributed by atoms with Crippen LogP contribution in [0.25, 0.3) is 22.9 Å². The van der Waals surface area contributed by atoms with Crippen LogP contribution < -0.4 is 15.8 Å². The third kappa shape index (κ3) is 11.3. The van der Waals surface area contributed by atoms with Crippen molar-refractivity contribution in [1.82, 2.24) is 0 Å². The summed E-state index contributed by atoms with van der Waals surface area (Å²) in [6, 6.07) is 17.6. The Morgan fingerprint density at radius 3 is 1.92 bits per heavy atom. The highest BCUT2D eigenvalue weighted by molar-refractivity contribution is 8.19. The topological polar surface area (TPSA) is 398 Å². The fraction of sp³-hybridized carbons (Fsp3) is 0.0513. The molecule has 0 aromatic heterocycles. The molecule has 0 spiro atoms. The fourth-order valence-corrected chi connectivity index (χ4v) is 8.14. The van der Waals surface area contributed by atoms with Gasteiger partial charge in [0.25, 0.3) is 15.8 Å². The summed E-state index contributed by atoms with van der Waals surface area (Å²) >= 11 is 0. The van der Waals surface area contributed by atoms with Gasteiger partial charge in [-0.2, -0.15) is 23.8 Å². The summed E-state index contributed by atoms with van der Waals surface area (Å²) in [6.07, 6.45) is 2.28. The number of hydrogen-bond donors (Lipinski definition) is 11. The molecule has 24 nitrogen and oxygen atoms in total. The summed E-state index contributed by atoms with van der Waals surface area (Å²) in [7, 11) is -12.6. The monoisotopic (exact) mass is 965 g/mol. The van der Waals surface area contributed by atoms with E-state index in [4.69, 9.17) is 10.5 Å². The van der Waals surface area contributed by atoms with Crippen molar-refractivity contribution in [2.45, 2.75) is 21.6 Å². The number of azo groups is 3. The normalized spacial score (nSPS) is 13.0. The van der Waals surface area contributed by atoms with E-state index >= 15 is 0 Å². The van der Waals surface area contributed by atoms with E-state index in [0.717, 1.165) is 36.4 Å². The molecule has 0 aliphatic heterocycles. The van der Waals surface area contributed by atoms with Gasteiger partial charge in [-0.05, 0) is 89.7 Å². The number of methoxy groups -OCH3 is 1. The quantitative estimate of drug-likeness (QED) is 0.0159. The second-order valence-electron chi connectivity index (χ2n) is 13.6. The maximum Gasteiger partial charge on any atom is 0.316 e. The molecule has 0 heterocycles. The van der Waals surface area contributed by atoms with Gasteiger partial charge in [-0.25, -0.2) is 4.79 Å². The number of fused-ring (bicyclic) bond motifs is 1. The first-order valence-corrected chi connectivity index (χ1v) is 22.6. The van der Waals surface area contributed by atoms with E-state index in [1.807, 2.05) is 0 Å². The summed E-state index contributed by atoms with van der Waals surface area (Å²) < 4.78 is 101. The van der Waals surface area contributed by atoms with Crippen molar-refractivity contribution in [3.8, 4) is 17.2 Å². The van der Waals surface area contributed by atoms with Crippen LogP contribution >= 0.6 is 21.7 Å². The van der Waals surface area contributed by atoms with E-state index in [9.17, 15) is 65.4 Å². The standard InChI is InChI=1S/C39H35N9O15S3/c1-20-13-32(46-47-37-36(66(60,61)62)15-23-14-24(8-11-28(23)38(37)50)42-44-29-12-10-27(49)18-31(29)41-39(40)51)33(63-2)19-30(20)45-43-25-7-5-21(34(16-25)64(54,55)56)3-4-22-6-9-26(48(52)53)17-35(22)65(57,58)59/h3-19,49-50,54-56,60-62H,1-2H3,(H3,40,41,51)(H,57,58,59). The number of non-ortho nitro benzene ring substituents is 1. The highest BCUT2D eigenvalue weighted by atomic mass is 32.3. The Kier molecular flexibility index (Phi) is 13.8. The number of nitro benzene ring substituents is 1. The summed E-state index contributed by atoms with van der Waals surface area (Å²) in [5.41, 5.74) is 4.85. The number of amides is 2. The Morgan fingerprint density at radius 1 is 0.697 bits per heavy atom. The average molecular weight is 966 g/mol. The molecule has 12 N–H and O–H groups in total. The molecule has 0 aliphatic rings. The van der Waals surface area contributed by atoms with Crippen molar-refractivity contribution in [2.75, 3.05) is 12.4 Å². The van der Waals surface area contributed by atoms with Crippen LogP contribution in [0.5, 0.6) is 17.2 Å². The molecule has 0 bridgehead atoms. The van der Waals surface area contributed by atoms with E-state index in [-0.39, 0.29) is 67.5 Å². The zero-order valence-electron chi connectivity index (χ0n) is 33.7. The van der Waals surface area contributed by atoms with Gasteiger partial charge in [-0.3, -0.25) is 14.7 Å². The predicted octanol–water partition coefficient (Wildman–Crippen LogP) is 11.8. The maximum absolute atomic E-state index is 11.9. The van der Waals surface area contributed by atoms with E-state index in [1.165, 1.54) is 67.8 Å². The van der Waals surface area contributed by atoms with Crippen LogP contribution in [-0.2, 0) is 10.1 Å². The summed E-state index contributed by atoms with van der Waals surface area (Å²) in [5, 5.41) is 59.5. The first-order chi connectivity index (χ1) is 30.9. The molecule has 66 heavy (non-hydrogen) atoms. The summed E-state index contributed by atoms with van der Waals surface area (Å²) in [4.78, 5) is 19.8. The number of nitrogens with two attached hydrogens (primary N) is 1. The average Bonchev–Trinajstić information content (AvgIpc) is 3.23. The molecule has 0 saturated heterocycles. The molecule has 0 radical (unpaired) electrons. The number of ether oxygens (including phenoxy) is 1. The number of primary amides is 1. The van der Waals surface area contributed by atoms with E-state index in [2.05, 4.69) is 36.0 Å². The van der Waals surface area contributed by atoms with Gasteiger partial charge in [0.1, 0.15) is 55.2 Å². The maximum atomic E-state index is 11.9. The van der Waals surface area contributed by atoms with Crippen LogP contribution in [0.2, 0.25) is 0 Å². The van der Waals surface area contributed by atoms with Crippen LogP contribution in [0.1, 0.15) is 16.7 Å². The van der Waals surface area contributed by atoms with Crippen LogP contribution in [-0.4, -0.2) is 68.6 Å². The van der Waals surface area contributed by atoms with Gasteiger partial charge in [0.2, 0.25) is 0 Å². The number of urea groups is 1. The summed E-state index contributed by atoms with van der Waals surface area (Å²) in [6.45, 7) is 1.60. The third-order valence-corrected chi connectivity index (χ3v) is 11.8. The van der Waals surface area contributed by atoms with Crippen molar-refractivity contribution < 1.29 is 65.0 Å². The van der Waals surface area contributed by atoms with Crippen molar-refractivity contribution in [2.24, 2.45) is 36.4 Å². The van der Waals surface area contributed by atoms with Crippen LogP contribution in [0.4, 0.5) is 50.3 Å². The highest BCUT2D eigenvalue weighted by Gasteiger charge is 2.26. The predicted molar refractivity (Wildman–Crippen MR) is 243 cm³/mol. The lowest BCUT2D eigenvalue weighted by Gasteiger charge is -2.22. The van der Waals surface area contributed by atoms with Crippen LogP contribution in [0, 0.1) is 17.0 Å². The van der Waals surface area contributed by atoms with Gasteiger partial charge >= 0.3 is 6.03 Å². The molecule has 344 valence electrons. The highest BCUT2D eigenvalue weighted by Crippen LogP contribution is 2.55. The number of rotatable bonds is 14. The molecule has 6 aromatic rings. The number of nitrogens with zero attached hydrogens (tertiary/aromatic N) is 7. The molecule has 2 amide bonds. The third-order valence-electron chi connectivity index (χ3n) is 9.09. The number of phenolic OH excluding ortho intramolecular Hbond substituents is 2. The Hall–Kier alpha value is -7.44. The fourth-order valence-electron chi connectivity index (χ4n) is 6.03. The molecule has 0 unspecified atom stereocenters. The lowest BCUT2D eigenvalue weighted by molar-refractivity contribution is -0.385. The minimum Gasteiger partial charge on any atom is -0.508 e. The Morgan fingerprint density at radius 2 is 1.30 bits per heavy atom. The number of carbonyl (C=O) groups excluding carboxylic acids is 1. The molecule has 6 rings (SSSR count). The van der Waals surface area contributed by atoms with Gasteiger partial charge in [0.05, 0.1) is 44.6 Å². The molecular formula is C39H35N9O15S3. The largest absolute Gasteiger partial charge is 0.508 e. The number of phenols is 2. The number of nitro groups is 1. The Balaban J connectivity index is 1.29. The number of benzene rings is 6. The molecule has 0 aliphatic carbocycles. The van der Waals surface area contributed by atoms with Crippen molar-refractivity contribution in [3.05, 3.63) is 118 Å². The Labute approximate surface area is 375 Å². The first-order valence-electron chi connectivity index (χ1n) is 18.2. The van der Waals surface area contributed by atoms with Gasteiger partial charge in [-0.1, -0.05) is 18.2 Å². The van der Waals surface area contributed by atoms with Crippen molar-refractivity contribution in [3.63, 3.8) is 0 Å². The van der Waals surface area contributed by atoms with Gasteiger partial charge in [0, 0.05) is 29.7 Å². The van der Waals surface area contributed by atoms with Crippen LogP contribution in [0.3, 0.4) is 0 Å². The van der Waals surface area contributed by atoms with E-state index in [0.29, 0.717) is 11.6 Å². The Bertz CT molecular complexity index is 3170. The lowest BCUT2D eigenvalue weighted by atomic mass is 10.1. The zero-order valence-corrected chi connectivity index (χ0v) is 36.2. The second kappa shape index (κ2) is 19.0. The smallest absolute Gasteiger partial charge is 0.316 e. The molecule has 0 atom stereocenters. The number of hydrogen-bond acceptors (Lipinski definition) is 20. The van der Waals surface area contributed by atoms with Crippen molar-refractivity contribution in [1.29, 1.82) is 0 Å². The van der Waals surface area contributed by atoms with Gasteiger partial charge in [0.15, 0.2) is 5.75 Å². The lowest BCUT2D eigenvalue weighted by Crippen LogP contribution is -2.19. The molecule has 0 fully saturated rings. The molecule has 0 saturated carbocycles. The molecule has 27 heteroatoms. The molecule has 6 aromatic carbocycles. The van der Waals surface area contributed by atoms with E-state index < -0.39 is 74.6 Å². The minimum atomic E-state index is -4.93. The number of anilines is 1. The first kappa shape index (κ1) is 48.0. The number of nitrogens with one attached hydrogen (secondary N) is 1. The van der Waals surface area contributed by atoms with Gasteiger partial charge in [-0.15, -0.1) is 15.3 Å². The second-order valence-corrected chi connectivity index (χ2v) is 18.0. The van der Waals surface area contributed by atoms with E-state index in [1.54, 1.807) is 6.92 Å².